The molecule has 8 heteroatoms. The summed E-state index contributed by atoms with van der Waals surface area (Å²) in [7, 11) is 0. The van der Waals surface area contributed by atoms with E-state index in [1.165, 1.54) is 0 Å². The van der Waals surface area contributed by atoms with E-state index in [1.54, 1.807) is 10.9 Å². The van der Waals surface area contributed by atoms with Crippen LogP contribution in [0.25, 0.3) is 17.1 Å². The van der Waals surface area contributed by atoms with Crippen molar-refractivity contribution in [3.8, 4) is 17.1 Å². The summed E-state index contributed by atoms with van der Waals surface area (Å²) in [5.41, 5.74) is 3.10. The predicted octanol–water partition coefficient (Wildman–Crippen LogP) is 3.35. The van der Waals surface area contributed by atoms with Gasteiger partial charge in [0.25, 0.3) is 5.91 Å². The van der Waals surface area contributed by atoms with E-state index >= 15 is 0 Å². The number of hydrogen-bond donors (Lipinski definition) is 1. The molecule has 0 radical (unpaired) electrons. The zero-order valence-corrected chi connectivity index (χ0v) is 14.6. The van der Waals surface area contributed by atoms with E-state index in [-0.39, 0.29) is 11.6 Å². The summed E-state index contributed by atoms with van der Waals surface area (Å²) in [5, 5.41) is 11.1. The Balaban J connectivity index is 1.49. The minimum atomic E-state index is -0.376. The Morgan fingerprint density at radius 1 is 1.08 bits per heavy atom. The number of aryl methyl sites for hydroxylation is 1. The number of nitrogens with zero attached hydrogens (tertiary/aromatic N) is 5. The molecular weight excluding hydrogens is 348 g/mol. The van der Waals surface area contributed by atoms with Gasteiger partial charge >= 0.3 is 0 Å². The predicted molar refractivity (Wildman–Crippen MR) is 99.4 cm³/mol. The van der Waals surface area contributed by atoms with Crippen LogP contribution in [-0.2, 0) is 0 Å². The minimum Gasteiger partial charge on any atom is -0.295 e. The zero-order valence-electron chi connectivity index (χ0n) is 13.8. The molecule has 0 saturated heterocycles. The van der Waals surface area contributed by atoms with Crippen molar-refractivity contribution in [3.63, 3.8) is 0 Å². The molecule has 0 saturated carbocycles. The van der Waals surface area contributed by atoms with E-state index in [1.807, 2.05) is 61.5 Å². The SMILES string of the molecule is Cc1ccc(-n2cc(C(=O)Nc3nc(-c4ccccc4)ns3)nn2)cc1. The molecule has 1 amide bonds. The van der Waals surface area contributed by atoms with Gasteiger partial charge in [-0.25, -0.2) is 4.68 Å². The first-order valence-corrected chi connectivity index (χ1v) is 8.66. The molecule has 2 aromatic heterocycles. The van der Waals surface area contributed by atoms with Gasteiger partial charge in [0.1, 0.15) is 0 Å². The molecule has 0 aliphatic heterocycles. The van der Waals surface area contributed by atoms with Gasteiger partial charge in [-0.2, -0.15) is 9.36 Å². The van der Waals surface area contributed by atoms with Crippen LogP contribution >= 0.6 is 11.5 Å². The largest absolute Gasteiger partial charge is 0.295 e. The van der Waals surface area contributed by atoms with Crippen LogP contribution in [-0.4, -0.2) is 30.3 Å². The van der Waals surface area contributed by atoms with Crippen LogP contribution in [0.4, 0.5) is 5.13 Å². The zero-order chi connectivity index (χ0) is 17.9. The third-order valence-corrected chi connectivity index (χ3v) is 4.33. The van der Waals surface area contributed by atoms with Crippen LogP contribution in [0.3, 0.4) is 0 Å². The molecule has 0 atom stereocenters. The Morgan fingerprint density at radius 3 is 2.62 bits per heavy atom. The van der Waals surface area contributed by atoms with E-state index in [2.05, 4.69) is 25.0 Å². The molecule has 0 unspecified atom stereocenters. The molecule has 0 bridgehead atoms. The summed E-state index contributed by atoms with van der Waals surface area (Å²) < 4.78 is 5.83. The van der Waals surface area contributed by atoms with Gasteiger partial charge in [-0.15, -0.1) is 5.10 Å². The highest BCUT2D eigenvalue weighted by Crippen LogP contribution is 2.21. The van der Waals surface area contributed by atoms with Gasteiger partial charge in [0.15, 0.2) is 11.5 Å². The number of carbonyl (C=O) groups is 1. The molecule has 0 aliphatic rings. The van der Waals surface area contributed by atoms with Gasteiger partial charge in [0, 0.05) is 17.1 Å². The van der Waals surface area contributed by atoms with E-state index in [4.69, 9.17) is 0 Å². The van der Waals surface area contributed by atoms with E-state index < -0.39 is 0 Å². The second-order valence-corrected chi connectivity index (χ2v) is 6.38. The molecule has 1 N–H and O–H groups in total. The van der Waals surface area contributed by atoms with Crippen LogP contribution < -0.4 is 5.32 Å². The maximum Gasteiger partial charge on any atom is 0.279 e. The van der Waals surface area contributed by atoms with Crippen LogP contribution in [0.1, 0.15) is 16.1 Å². The molecule has 4 aromatic rings. The van der Waals surface area contributed by atoms with Crippen molar-refractivity contribution < 1.29 is 4.79 Å². The summed E-state index contributed by atoms with van der Waals surface area (Å²) >= 11 is 1.12. The van der Waals surface area contributed by atoms with Crippen molar-refractivity contribution in [2.24, 2.45) is 0 Å². The Kier molecular flexibility index (Phi) is 4.24. The number of rotatable bonds is 4. The van der Waals surface area contributed by atoms with Crippen LogP contribution in [0.2, 0.25) is 0 Å². The van der Waals surface area contributed by atoms with E-state index in [9.17, 15) is 4.79 Å². The van der Waals surface area contributed by atoms with E-state index in [0.717, 1.165) is 28.3 Å². The number of nitrogens with one attached hydrogen (secondary N) is 1. The summed E-state index contributed by atoms with van der Waals surface area (Å²) in [5.74, 6) is 0.202. The molecule has 4 rings (SSSR count). The quantitative estimate of drug-likeness (QED) is 0.602. The highest BCUT2D eigenvalue weighted by Gasteiger charge is 2.15. The Morgan fingerprint density at radius 2 is 1.85 bits per heavy atom. The van der Waals surface area contributed by atoms with E-state index in [0.29, 0.717) is 11.0 Å². The summed E-state index contributed by atoms with van der Waals surface area (Å²) in [6.07, 6.45) is 1.58. The van der Waals surface area contributed by atoms with Crippen molar-refractivity contribution >= 4 is 22.6 Å². The molecule has 26 heavy (non-hydrogen) atoms. The van der Waals surface area contributed by atoms with Crippen molar-refractivity contribution in [2.45, 2.75) is 6.92 Å². The second kappa shape index (κ2) is 6.85. The second-order valence-electron chi connectivity index (χ2n) is 5.63. The fraction of sp³-hybridized carbons (Fsp3) is 0.0556. The average molecular weight is 362 g/mol. The smallest absolute Gasteiger partial charge is 0.279 e. The lowest BCUT2D eigenvalue weighted by Crippen LogP contribution is -2.12. The number of aromatic nitrogens is 5. The summed E-state index contributed by atoms with van der Waals surface area (Å²) in [6.45, 7) is 2.01. The molecule has 0 fully saturated rings. The van der Waals surface area contributed by atoms with Crippen molar-refractivity contribution in [3.05, 3.63) is 72.1 Å². The van der Waals surface area contributed by atoms with Crippen molar-refractivity contribution in [1.82, 2.24) is 24.4 Å². The molecule has 128 valence electrons. The fourth-order valence-electron chi connectivity index (χ4n) is 2.33. The molecule has 2 aromatic carbocycles. The van der Waals surface area contributed by atoms with Gasteiger partial charge in [-0.3, -0.25) is 10.1 Å². The lowest BCUT2D eigenvalue weighted by molar-refractivity contribution is 0.102. The number of hydrogen-bond acceptors (Lipinski definition) is 6. The number of anilines is 1. The molecule has 2 heterocycles. The number of carbonyl (C=O) groups excluding carboxylic acids is 1. The molecule has 7 nitrogen and oxygen atoms in total. The Hall–Kier alpha value is -3.39. The van der Waals surface area contributed by atoms with Gasteiger partial charge in [0.2, 0.25) is 5.13 Å². The highest BCUT2D eigenvalue weighted by molar-refractivity contribution is 7.10. The monoisotopic (exact) mass is 362 g/mol. The normalized spacial score (nSPS) is 10.7. The topological polar surface area (TPSA) is 85.6 Å². The number of benzene rings is 2. The van der Waals surface area contributed by atoms with Crippen molar-refractivity contribution in [2.75, 3.05) is 5.32 Å². The lowest BCUT2D eigenvalue weighted by Gasteiger charge is -1.99. The van der Waals surface area contributed by atoms with Crippen LogP contribution in [0.5, 0.6) is 0 Å². The fourth-order valence-corrected chi connectivity index (χ4v) is 2.92. The summed E-state index contributed by atoms with van der Waals surface area (Å²) in [4.78, 5) is 16.7. The third-order valence-electron chi connectivity index (χ3n) is 3.70. The van der Waals surface area contributed by atoms with Crippen LogP contribution in [0, 0.1) is 6.92 Å². The first-order valence-electron chi connectivity index (χ1n) is 7.89. The molecule has 0 aliphatic carbocycles. The third kappa shape index (κ3) is 3.35. The highest BCUT2D eigenvalue weighted by atomic mass is 32.1. The maximum absolute atomic E-state index is 12.4. The first-order chi connectivity index (χ1) is 12.7. The first kappa shape index (κ1) is 16.1. The van der Waals surface area contributed by atoms with Gasteiger partial charge in [-0.1, -0.05) is 53.2 Å². The average Bonchev–Trinajstić information content (AvgIpc) is 3.33. The summed E-state index contributed by atoms with van der Waals surface area (Å²) in [6, 6.07) is 17.4. The maximum atomic E-state index is 12.4. The van der Waals surface area contributed by atoms with Gasteiger partial charge < -0.3 is 0 Å². The Bertz CT molecular complexity index is 1040. The van der Waals surface area contributed by atoms with Crippen LogP contribution in [0.15, 0.2) is 60.8 Å². The Labute approximate surface area is 153 Å². The van der Waals surface area contributed by atoms with Gasteiger partial charge in [0.05, 0.1) is 11.9 Å². The van der Waals surface area contributed by atoms with Gasteiger partial charge in [-0.05, 0) is 19.1 Å². The van der Waals surface area contributed by atoms with Crippen molar-refractivity contribution in [1.29, 1.82) is 0 Å². The molecule has 0 spiro atoms. The molecular formula is C18H14N6OS. The standard InChI is InChI=1S/C18H14N6OS/c1-12-7-9-14(10-8-12)24-11-15(21-23-24)17(25)20-18-19-16(22-26-18)13-5-3-2-4-6-13/h2-11H,1H3,(H,19,20,22,25). The number of amides is 1. The lowest BCUT2D eigenvalue weighted by atomic mass is 10.2. The minimum absolute atomic E-state index is 0.210.